The van der Waals surface area contributed by atoms with Crippen LogP contribution in [0.4, 0.5) is 5.69 Å². The Labute approximate surface area is 140 Å². The molecule has 0 saturated carbocycles. The lowest BCUT2D eigenvalue weighted by molar-refractivity contribution is 0.168. The summed E-state index contributed by atoms with van der Waals surface area (Å²) in [5, 5.41) is 7.58. The summed E-state index contributed by atoms with van der Waals surface area (Å²) in [7, 11) is 1.90. The van der Waals surface area contributed by atoms with Crippen molar-refractivity contribution in [1.29, 1.82) is 0 Å². The van der Waals surface area contributed by atoms with Crippen molar-refractivity contribution in [2.45, 2.75) is 12.1 Å². The summed E-state index contributed by atoms with van der Waals surface area (Å²) in [4.78, 5) is 4.45. The number of ether oxygens (including phenoxy) is 1. The average molecular weight is 321 g/mol. The fraction of sp³-hybridized carbons (Fsp3) is 0.222. The monoisotopic (exact) mass is 321 g/mol. The van der Waals surface area contributed by atoms with Crippen LogP contribution < -0.4 is 15.8 Å². The average Bonchev–Trinajstić information content (AvgIpc) is 3.07. The summed E-state index contributed by atoms with van der Waals surface area (Å²) in [5.74, 6) is 0.588. The number of nitrogens with one attached hydrogen (secondary N) is 1. The van der Waals surface area contributed by atoms with Gasteiger partial charge in [-0.2, -0.15) is 5.10 Å². The molecule has 0 bridgehead atoms. The quantitative estimate of drug-likeness (QED) is 0.774. The van der Waals surface area contributed by atoms with E-state index in [0.717, 1.165) is 22.4 Å². The summed E-state index contributed by atoms with van der Waals surface area (Å²) in [6.07, 6.45) is 5.42. The molecule has 6 nitrogen and oxygen atoms in total. The number of pyridine rings is 1. The molecule has 3 heterocycles. The summed E-state index contributed by atoms with van der Waals surface area (Å²) in [6.45, 7) is 0.640. The van der Waals surface area contributed by atoms with Crippen LogP contribution >= 0.6 is 0 Å². The molecular weight excluding hydrogens is 302 g/mol. The van der Waals surface area contributed by atoms with Gasteiger partial charge in [0.2, 0.25) is 5.88 Å². The highest BCUT2D eigenvalue weighted by Crippen LogP contribution is 2.33. The number of nitrogens with zero attached hydrogens (tertiary/aromatic N) is 3. The summed E-state index contributed by atoms with van der Waals surface area (Å²) >= 11 is 0. The Kier molecular flexibility index (Phi) is 3.66. The van der Waals surface area contributed by atoms with Crippen LogP contribution in [0.2, 0.25) is 0 Å². The van der Waals surface area contributed by atoms with Gasteiger partial charge in [-0.15, -0.1) is 0 Å². The van der Waals surface area contributed by atoms with Crippen molar-refractivity contribution in [1.82, 2.24) is 14.8 Å². The number of anilines is 1. The largest absolute Gasteiger partial charge is 0.469 e. The van der Waals surface area contributed by atoms with E-state index in [9.17, 15) is 0 Å². The first kappa shape index (κ1) is 14.7. The first-order valence-electron chi connectivity index (χ1n) is 7.91. The number of aromatic nitrogens is 3. The second-order valence-electron chi connectivity index (χ2n) is 5.95. The molecule has 0 spiro atoms. The van der Waals surface area contributed by atoms with Gasteiger partial charge in [0.15, 0.2) is 0 Å². The molecule has 4 rings (SSSR count). The van der Waals surface area contributed by atoms with E-state index in [1.165, 1.54) is 0 Å². The normalized spacial score (nSPS) is 17.5. The minimum atomic E-state index is -0.202. The molecule has 1 aliphatic heterocycles. The zero-order valence-corrected chi connectivity index (χ0v) is 13.4. The predicted octanol–water partition coefficient (Wildman–Crippen LogP) is 2.35. The third kappa shape index (κ3) is 2.72. The van der Waals surface area contributed by atoms with Crippen molar-refractivity contribution >= 4 is 5.69 Å². The minimum Gasteiger partial charge on any atom is -0.469 e. The summed E-state index contributed by atoms with van der Waals surface area (Å²) in [6, 6.07) is 11.8. The Morgan fingerprint density at radius 1 is 1.25 bits per heavy atom. The lowest BCUT2D eigenvalue weighted by atomic mass is 10.0. The molecule has 0 fully saturated rings. The molecule has 24 heavy (non-hydrogen) atoms. The molecule has 3 N–H and O–H groups in total. The van der Waals surface area contributed by atoms with E-state index in [4.69, 9.17) is 10.5 Å². The van der Waals surface area contributed by atoms with E-state index < -0.39 is 0 Å². The minimum absolute atomic E-state index is 0.156. The van der Waals surface area contributed by atoms with E-state index in [2.05, 4.69) is 15.4 Å². The Bertz CT molecular complexity index is 846. The maximum atomic E-state index is 6.35. The van der Waals surface area contributed by atoms with Crippen LogP contribution in [0.1, 0.15) is 11.6 Å². The Morgan fingerprint density at radius 3 is 2.83 bits per heavy atom. The Hall–Kier alpha value is -2.86. The SMILES string of the molecule is Cn1cc(-c2cnc3c(c2)NC[C@@H]([C@H](N)c2ccccc2)O3)cn1. The van der Waals surface area contributed by atoms with Crippen LogP contribution in [0.3, 0.4) is 0 Å². The standard InChI is InChI=1S/C18H19N5O/c1-23-11-14(9-22-23)13-7-15-18(21-8-13)24-16(10-20-15)17(19)12-5-3-2-4-6-12/h2-9,11,16-17,20H,10,19H2,1H3/t16-,17+/m0/s1. The third-order valence-corrected chi connectivity index (χ3v) is 4.23. The fourth-order valence-electron chi connectivity index (χ4n) is 2.89. The second kappa shape index (κ2) is 5.98. The number of nitrogens with two attached hydrogens (primary N) is 1. The number of fused-ring (bicyclic) bond motifs is 1. The van der Waals surface area contributed by atoms with Crippen molar-refractivity contribution in [3.05, 3.63) is 60.6 Å². The van der Waals surface area contributed by atoms with E-state index >= 15 is 0 Å². The van der Waals surface area contributed by atoms with Gasteiger partial charge in [0, 0.05) is 30.6 Å². The van der Waals surface area contributed by atoms with E-state index in [1.807, 2.05) is 55.8 Å². The van der Waals surface area contributed by atoms with Crippen LogP contribution in [-0.4, -0.2) is 27.4 Å². The van der Waals surface area contributed by atoms with Gasteiger partial charge in [-0.1, -0.05) is 30.3 Å². The maximum absolute atomic E-state index is 6.35. The van der Waals surface area contributed by atoms with Crippen LogP contribution in [0, 0.1) is 0 Å². The summed E-state index contributed by atoms with van der Waals surface area (Å²) in [5.41, 5.74) is 10.3. The Balaban J connectivity index is 1.56. The first-order valence-corrected chi connectivity index (χ1v) is 7.91. The number of hydrogen-bond donors (Lipinski definition) is 2. The van der Waals surface area contributed by atoms with Crippen molar-refractivity contribution < 1.29 is 4.74 Å². The molecule has 0 unspecified atom stereocenters. The zero-order valence-electron chi connectivity index (χ0n) is 13.4. The first-order chi connectivity index (χ1) is 11.7. The van der Waals surface area contributed by atoms with Crippen molar-refractivity contribution in [2.75, 3.05) is 11.9 Å². The summed E-state index contributed by atoms with van der Waals surface area (Å²) < 4.78 is 7.80. The highest BCUT2D eigenvalue weighted by atomic mass is 16.5. The van der Waals surface area contributed by atoms with E-state index in [0.29, 0.717) is 12.4 Å². The topological polar surface area (TPSA) is 78.0 Å². The molecule has 2 aromatic heterocycles. The van der Waals surface area contributed by atoms with Gasteiger partial charge < -0.3 is 15.8 Å². The van der Waals surface area contributed by atoms with E-state index in [1.54, 1.807) is 10.9 Å². The van der Waals surface area contributed by atoms with Gasteiger partial charge in [-0.25, -0.2) is 4.98 Å². The van der Waals surface area contributed by atoms with Gasteiger partial charge in [0.25, 0.3) is 0 Å². The molecule has 0 aliphatic carbocycles. The smallest absolute Gasteiger partial charge is 0.237 e. The lowest BCUT2D eigenvalue weighted by Crippen LogP contribution is -2.40. The van der Waals surface area contributed by atoms with Gasteiger partial charge in [0.05, 0.1) is 24.5 Å². The van der Waals surface area contributed by atoms with Crippen LogP contribution in [0.5, 0.6) is 5.88 Å². The van der Waals surface area contributed by atoms with Crippen molar-refractivity contribution in [2.24, 2.45) is 12.8 Å². The third-order valence-electron chi connectivity index (χ3n) is 4.23. The molecule has 0 radical (unpaired) electrons. The molecular formula is C18H19N5O. The Morgan fingerprint density at radius 2 is 2.08 bits per heavy atom. The van der Waals surface area contributed by atoms with Gasteiger partial charge >= 0.3 is 0 Å². The highest BCUT2D eigenvalue weighted by molar-refractivity contribution is 5.69. The number of rotatable bonds is 3. The predicted molar refractivity (Wildman–Crippen MR) is 92.7 cm³/mol. The van der Waals surface area contributed by atoms with Gasteiger partial charge in [0.1, 0.15) is 6.10 Å². The van der Waals surface area contributed by atoms with Crippen LogP contribution in [0.15, 0.2) is 55.0 Å². The number of hydrogen-bond acceptors (Lipinski definition) is 5. The fourth-order valence-corrected chi connectivity index (χ4v) is 2.89. The van der Waals surface area contributed by atoms with E-state index in [-0.39, 0.29) is 12.1 Å². The second-order valence-corrected chi connectivity index (χ2v) is 5.95. The molecule has 0 saturated heterocycles. The molecule has 1 aromatic carbocycles. The van der Waals surface area contributed by atoms with Crippen molar-refractivity contribution in [3.63, 3.8) is 0 Å². The molecule has 1 aliphatic rings. The van der Waals surface area contributed by atoms with Gasteiger partial charge in [-0.05, 0) is 11.6 Å². The zero-order chi connectivity index (χ0) is 16.5. The lowest BCUT2D eigenvalue weighted by Gasteiger charge is -2.30. The molecule has 3 aromatic rings. The number of benzene rings is 1. The molecule has 0 amide bonds. The van der Waals surface area contributed by atoms with Crippen LogP contribution in [0.25, 0.3) is 11.1 Å². The van der Waals surface area contributed by atoms with Crippen LogP contribution in [-0.2, 0) is 7.05 Å². The number of aryl methyl sites for hydroxylation is 1. The van der Waals surface area contributed by atoms with Crippen molar-refractivity contribution in [3.8, 4) is 17.0 Å². The molecule has 122 valence electrons. The molecule has 2 atom stereocenters. The maximum Gasteiger partial charge on any atom is 0.237 e. The highest BCUT2D eigenvalue weighted by Gasteiger charge is 2.27. The molecule has 6 heteroatoms. The van der Waals surface area contributed by atoms with Gasteiger partial charge in [-0.3, -0.25) is 4.68 Å².